The van der Waals surface area contributed by atoms with Crippen LogP contribution in [0.2, 0.25) is 0 Å². The minimum absolute atomic E-state index is 0.711. The summed E-state index contributed by atoms with van der Waals surface area (Å²) < 4.78 is 6.88. The van der Waals surface area contributed by atoms with Crippen LogP contribution in [0.4, 0.5) is 0 Å². The zero-order chi connectivity index (χ0) is 11.8. The number of hydrogen-bond donors (Lipinski definition) is 1. The molecule has 1 aromatic rings. The maximum absolute atomic E-state index is 5.52. The third-order valence-corrected chi connectivity index (χ3v) is 2.46. The van der Waals surface area contributed by atoms with Crippen LogP contribution < -0.4 is 5.73 Å². The van der Waals surface area contributed by atoms with Crippen molar-refractivity contribution in [1.29, 1.82) is 0 Å². The van der Waals surface area contributed by atoms with Gasteiger partial charge in [0, 0.05) is 20.7 Å². The molecule has 1 aromatic heterocycles. The number of methoxy groups -OCH3 is 1. The van der Waals surface area contributed by atoms with Crippen molar-refractivity contribution in [1.82, 2.24) is 19.7 Å². The first-order valence-corrected chi connectivity index (χ1v) is 5.52. The van der Waals surface area contributed by atoms with Crippen LogP contribution in [0.3, 0.4) is 0 Å². The molecule has 0 spiro atoms. The summed E-state index contributed by atoms with van der Waals surface area (Å²) >= 11 is 0. The molecule has 1 heterocycles. The lowest BCUT2D eigenvalue weighted by molar-refractivity contribution is 0.141. The Morgan fingerprint density at radius 3 is 2.88 bits per heavy atom. The highest BCUT2D eigenvalue weighted by molar-refractivity contribution is 4.83. The standard InChI is InChI=1S/C10H21N5O/c1-14-10(12-9-13-14)8-15(5-3-4-11)6-7-16-2/h9H,3-8,11H2,1-2H3. The van der Waals surface area contributed by atoms with Crippen molar-refractivity contribution in [2.24, 2.45) is 12.8 Å². The Labute approximate surface area is 96.4 Å². The van der Waals surface area contributed by atoms with Crippen LogP contribution in [0.15, 0.2) is 6.33 Å². The molecule has 2 N–H and O–H groups in total. The molecule has 6 heteroatoms. The van der Waals surface area contributed by atoms with E-state index in [9.17, 15) is 0 Å². The number of aryl methyl sites for hydroxylation is 1. The zero-order valence-electron chi connectivity index (χ0n) is 10.1. The third kappa shape index (κ3) is 4.26. The van der Waals surface area contributed by atoms with Crippen LogP contribution in [0.25, 0.3) is 0 Å². The second kappa shape index (κ2) is 7.32. The van der Waals surface area contributed by atoms with Gasteiger partial charge in [-0.1, -0.05) is 0 Å². The van der Waals surface area contributed by atoms with Crippen LogP contribution in [0.5, 0.6) is 0 Å². The lowest BCUT2D eigenvalue weighted by Gasteiger charge is -2.20. The van der Waals surface area contributed by atoms with E-state index < -0.39 is 0 Å². The summed E-state index contributed by atoms with van der Waals surface area (Å²) in [4.78, 5) is 6.49. The normalized spacial score (nSPS) is 11.2. The van der Waals surface area contributed by atoms with Crippen molar-refractivity contribution in [2.45, 2.75) is 13.0 Å². The first-order valence-electron chi connectivity index (χ1n) is 5.52. The van der Waals surface area contributed by atoms with E-state index in [1.165, 1.54) is 0 Å². The molecule has 0 unspecified atom stereocenters. The summed E-state index contributed by atoms with van der Waals surface area (Å²) in [5, 5.41) is 4.05. The lowest BCUT2D eigenvalue weighted by atomic mass is 10.3. The van der Waals surface area contributed by atoms with Gasteiger partial charge >= 0.3 is 0 Å². The van der Waals surface area contributed by atoms with Crippen molar-refractivity contribution < 1.29 is 4.74 Å². The van der Waals surface area contributed by atoms with Crippen LogP contribution in [-0.4, -0.2) is 53.0 Å². The Morgan fingerprint density at radius 2 is 2.31 bits per heavy atom. The fraction of sp³-hybridized carbons (Fsp3) is 0.800. The smallest absolute Gasteiger partial charge is 0.140 e. The van der Waals surface area contributed by atoms with Gasteiger partial charge in [-0.25, -0.2) is 4.98 Å². The number of nitrogens with zero attached hydrogens (tertiary/aromatic N) is 4. The third-order valence-electron chi connectivity index (χ3n) is 2.46. The van der Waals surface area contributed by atoms with E-state index in [0.717, 1.165) is 38.5 Å². The summed E-state index contributed by atoms with van der Waals surface area (Å²) in [5.74, 6) is 0.966. The van der Waals surface area contributed by atoms with Crippen LogP contribution in [0.1, 0.15) is 12.2 Å². The minimum Gasteiger partial charge on any atom is -0.383 e. The molecular formula is C10H21N5O. The largest absolute Gasteiger partial charge is 0.383 e. The van der Waals surface area contributed by atoms with Gasteiger partial charge in [0.25, 0.3) is 0 Å². The van der Waals surface area contributed by atoms with E-state index in [1.54, 1.807) is 18.1 Å². The van der Waals surface area contributed by atoms with Crippen molar-refractivity contribution in [2.75, 3.05) is 33.4 Å². The van der Waals surface area contributed by atoms with Crippen molar-refractivity contribution in [3.05, 3.63) is 12.2 Å². The fourth-order valence-corrected chi connectivity index (χ4v) is 1.47. The molecular weight excluding hydrogens is 206 g/mol. The average Bonchev–Trinajstić information content (AvgIpc) is 2.68. The maximum Gasteiger partial charge on any atom is 0.140 e. The van der Waals surface area contributed by atoms with E-state index in [-0.39, 0.29) is 0 Å². The van der Waals surface area contributed by atoms with Gasteiger partial charge in [0.05, 0.1) is 13.2 Å². The molecule has 0 atom stereocenters. The Hall–Kier alpha value is -0.980. The van der Waals surface area contributed by atoms with Gasteiger partial charge in [-0.2, -0.15) is 5.10 Å². The van der Waals surface area contributed by atoms with Crippen molar-refractivity contribution in [3.63, 3.8) is 0 Å². The van der Waals surface area contributed by atoms with Gasteiger partial charge in [-0.05, 0) is 19.5 Å². The maximum atomic E-state index is 5.52. The SMILES string of the molecule is COCCN(CCCN)Cc1ncnn1C. The van der Waals surface area contributed by atoms with Gasteiger partial charge in [-0.3, -0.25) is 9.58 Å². The van der Waals surface area contributed by atoms with Crippen molar-refractivity contribution >= 4 is 0 Å². The van der Waals surface area contributed by atoms with E-state index >= 15 is 0 Å². The lowest BCUT2D eigenvalue weighted by Crippen LogP contribution is -2.30. The zero-order valence-corrected chi connectivity index (χ0v) is 10.1. The summed E-state index contributed by atoms with van der Waals surface area (Å²) in [7, 11) is 3.61. The minimum atomic E-state index is 0.711. The van der Waals surface area contributed by atoms with Crippen LogP contribution in [-0.2, 0) is 18.3 Å². The monoisotopic (exact) mass is 227 g/mol. The second-order valence-electron chi connectivity index (χ2n) is 3.71. The molecule has 0 saturated carbocycles. The van der Waals surface area contributed by atoms with Crippen LogP contribution in [0, 0.1) is 0 Å². The molecule has 0 aliphatic carbocycles. The van der Waals surface area contributed by atoms with E-state index in [4.69, 9.17) is 10.5 Å². The van der Waals surface area contributed by atoms with E-state index in [2.05, 4.69) is 15.0 Å². The summed E-state index contributed by atoms with van der Waals surface area (Å²) in [6.45, 7) is 4.08. The topological polar surface area (TPSA) is 69.2 Å². The second-order valence-corrected chi connectivity index (χ2v) is 3.71. The molecule has 92 valence electrons. The molecule has 0 aromatic carbocycles. The number of hydrogen-bond acceptors (Lipinski definition) is 5. The first-order chi connectivity index (χ1) is 7.77. The highest BCUT2D eigenvalue weighted by Gasteiger charge is 2.08. The summed E-state index contributed by atoms with van der Waals surface area (Å²) in [6.07, 6.45) is 2.56. The molecule has 0 fully saturated rings. The Morgan fingerprint density at radius 1 is 1.50 bits per heavy atom. The Kier molecular flexibility index (Phi) is 5.99. The van der Waals surface area contributed by atoms with Crippen molar-refractivity contribution in [3.8, 4) is 0 Å². The van der Waals surface area contributed by atoms with Gasteiger partial charge in [0.15, 0.2) is 0 Å². The number of aromatic nitrogens is 3. The summed E-state index contributed by atoms with van der Waals surface area (Å²) in [6, 6.07) is 0. The number of ether oxygens (including phenoxy) is 1. The quantitative estimate of drug-likeness (QED) is 0.655. The Balaban J connectivity index is 2.45. The number of nitrogens with two attached hydrogens (primary N) is 1. The molecule has 16 heavy (non-hydrogen) atoms. The first kappa shape index (κ1) is 13.1. The van der Waals surface area contributed by atoms with E-state index in [1.807, 2.05) is 7.05 Å². The highest BCUT2D eigenvalue weighted by atomic mass is 16.5. The average molecular weight is 227 g/mol. The van der Waals surface area contributed by atoms with Gasteiger partial charge in [0.2, 0.25) is 0 Å². The molecule has 0 amide bonds. The molecule has 0 aliphatic heterocycles. The predicted molar refractivity (Wildman–Crippen MR) is 61.8 cm³/mol. The molecule has 0 aliphatic rings. The van der Waals surface area contributed by atoms with E-state index in [0.29, 0.717) is 6.54 Å². The highest BCUT2D eigenvalue weighted by Crippen LogP contribution is 2.00. The van der Waals surface area contributed by atoms with Crippen LogP contribution >= 0.6 is 0 Å². The molecule has 0 saturated heterocycles. The Bertz CT molecular complexity index is 280. The number of rotatable bonds is 8. The predicted octanol–water partition coefficient (Wildman–Crippen LogP) is -0.388. The fourth-order valence-electron chi connectivity index (χ4n) is 1.47. The molecule has 6 nitrogen and oxygen atoms in total. The van der Waals surface area contributed by atoms with Gasteiger partial charge in [-0.15, -0.1) is 0 Å². The van der Waals surface area contributed by atoms with Gasteiger partial charge in [0.1, 0.15) is 12.2 Å². The molecule has 0 bridgehead atoms. The summed E-state index contributed by atoms with van der Waals surface area (Å²) in [5.41, 5.74) is 5.52. The molecule has 1 rings (SSSR count). The molecule has 0 radical (unpaired) electrons. The van der Waals surface area contributed by atoms with Gasteiger partial charge < -0.3 is 10.5 Å².